The fourth-order valence-electron chi connectivity index (χ4n) is 3.31. The highest BCUT2D eigenvalue weighted by atomic mass is 32.2. The van der Waals surface area contributed by atoms with Gasteiger partial charge in [0.15, 0.2) is 0 Å². The molecule has 4 rings (SSSR count). The van der Waals surface area contributed by atoms with Crippen LogP contribution in [0.5, 0.6) is 0 Å². The topological polar surface area (TPSA) is 99.9 Å². The number of aromatic nitrogens is 1. The number of hydrogen-bond acceptors (Lipinski definition) is 8. The van der Waals surface area contributed by atoms with E-state index in [0.29, 0.717) is 25.5 Å². The molecular formula is C20H17N3O5S4. The number of rotatable bonds is 5. The highest BCUT2D eigenvalue weighted by Crippen LogP contribution is 2.32. The average molecular weight is 508 g/mol. The van der Waals surface area contributed by atoms with Gasteiger partial charge in [-0.15, -0.1) is 11.3 Å². The van der Waals surface area contributed by atoms with Crippen molar-refractivity contribution >= 4 is 79.1 Å². The van der Waals surface area contributed by atoms with Crippen LogP contribution in [-0.2, 0) is 20.9 Å². The number of carboxylic acids is 1. The van der Waals surface area contributed by atoms with Gasteiger partial charge >= 0.3 is 5.97 Å². The third-order valence-electron chi connectivity index (χ3n) is 4.79. The summed E-state index contributed by atoms with van der Waals surface area (Å²) in [6, 6.07) is 9.35. The minimum absolute atomic E-state index is 0.0614. The van der Waals surface area contributed by atoms with Crippen LogP contribution in [0.15, 0.2) is 35.1 Å². The van der Waals surface area contributed by atoms with Crippen molar-refractivity contribution in [1.82, 2.24) is 14.4 Å². The third-order valence-corrected chi connectivity index (χ3v) is 8.77. The molecule has 2 amide bonds. The van der Waals surface area contributed by atoms with Crippen LogP contribution in [0.2, 0.25) is 0 Å². The van der Waals surface area contributed by atoms with Crippen LogP contribution in [0.25, 0.3) is 9.93 Å². The van der Waals surface area contributed by atoms with Gasteiger partial charge in [0.2, 0.25) is 5.91 Å². The van der Waals surface area contributed by atoms with Crippen molar-refractivity contribution < 1.29 is 19.5 Å². The Morgan fingerprint density at radius 2 is 1.88 bits per heavy atom. The molecule has 2 saturated heterocycles. The molecule has 12 heteroatoms. The summed E-state index contributed by atoms with van der Waals surface area (Å²) in [7, 11) is 0. The largest absolute Gasteiger partial charge is 0.480 e. The molecule has 3 heterocycles. The van der Waals surface area contributed by atoms with Gasteiger partial charge in [-0.3, -0.25) is 33.5 Å². The Kier molecular flexibility index (Phi) is 6.56. The number of amides is 2. The third kappa shape index (κ3) is 4.15. The Hall–Kier alpha value is -2.41. The Morgan fingerprint density at radius 3 is 2.50 bits per heavy atom. The van der Waals surface area contributed by atoms with E-state index in [1.54, 1.807) is 0 Å². The van der Waals surface area contributed by atoms with Crippen molar-refractivity contribution in [3.63, 3.8) is 0 Å². The molecule has 0 atom stereocenters. The lowest BCUT2D eigenvalue weighted by Crippen LogP contribution is -2.37. The molecule has 0 radical (unpaired) electrons. The predicted molar refractivity (Wildman–Crippen MR) is 130 cm³/mol. The van der Waals surface area contributed by atoms with Crippen LogP contribution in [0.1, 0.15) is 12.5 Å². The normalized spacial score (nSPS) is 20.0. The average Bonchev–Trinajstić information content (AvgIpc) is 3.37. The molecule has 32 heavy (non-hydrogen) atoms. The number of thioether (sulfide) groups is 2. The highest BCUT2D eigenvalue weighted by Gasteiger charge is 2.34. The minimum atomic E-state index is -1.17. The van der Waals surface area contributed by atoms with Crippen LogP contribution in [0.3, 0.4) is 0 Å². The SMILES string of the molecule is CCN1C(=O)/C(=c2\s/c(=C3/SCC(=O)N3CC(=O)O)c(=O)n2Cc2ccccc2)SC1=S. The number of carbonyl (C=O) groups is 3. The van der Waals surface area contributed by atoms with Gasteiger partial charge in [0, 0.05) is 6.54 Å². The lowest BCUT2D eigenvalue weighted by molar-refractivity contribution is -0.141. The number of aliphatic carboxylic acids is 1. The van der Waals surface area contributed by atoms with Crippen molar-refractivity contribution in [2.24, 2.45) is 0 Å². The van der Waals surface area contributed by atoms with E-state index in [-0.39, 0.29) is 34.2 Å². The summed E-state index contributed by atoms with van der Waals surface area (Å²) in [6.07, 6.45) is 0. The van der Waals surface area contributed by atoms with E-state index in [0.717, 1.165) is 45.3 Å². The van der Waals surface area contributed by atoms with E-state index in [1.165, 1.54) is 9.47 Å². The number of carboxylic acid groups (broad SMARTS) is 1. The monoisotopic (exact) mass is 507 g/mol. The summed E-state index contributed by atoms with van der Waals surface area (Å²) in [5, 5.41) is 9.52. The lowest BCUT2D eigenvalue weighted by Gasteiger charge is -2.12. The molecule has 2 aliphatic heterocycles. The maximum atomic E-state index is 13.5. The van der Waals surface area contributed by atoms with Crippen molar-refractivity contribution in [2.45, 2.75) is 13.5 Å². The first-order valence-corrected chi connectivity index (χ1v) is 12.5. The zero-order valence-electron chi connectivity index (χ0n) is 16.8. The van der Waals surface area contributed by atoms with E-state index in [9.17, 15) is 24.3 Å². The zero-order valence-corrected chi connectivity index (χ0v) is 20.0. The quantitative estimate of drug-likeness (QED) is 0.590. The summed E-state index contributed by atoms with van der Waals surface area (Å²) in [5.74, 6) is -1.74. The van der Waals surface area contributed by atoms with Gasteiger partial charge in [0.25, 0.3) is 11.5 Å². The fraction of sp³-hybridized carbons (Fsp3) is 0.250. The standard InChI is InChI=1S/C20H17N3O5S4/c1-2-21-16(27)15(32-20(21)29)19-23(8-11-6-4-3-5-7-11)17(28)14(31-19)18-22(9-13(25)26)12(24)10-30-18/h3-7H,2,8-10H2,1H3,(H,25,26)/b18-14+,19-15+. The van der Waals surface area contributed by atoms with E-state index >= 15 is 0 Å². The molecule has 0 saturated carbocycles. The molecule has 0 unspecified atom stereocenters. The molecule has 8 nitrogen and oxygen atoms in total. The van der Waals surface area contributed by atoms with Crippen LogP contribution in [-0.4, -0.2) is 60.4 Å². The van der Waals surface area contributed by atoms with Gasteiger partial charge in [-0.1, -0.05) is 66.1 Å². The summed E-state index contributed by atoms with van der Waals surface area (Å²) in [5.41, 5.74) is 0.497. The first kappa shape index (κ1) is 22.8. The Bertz CT molecular complexity index is 1310. The molecule has 2 fully saturated rings. The van der Waals surface area contributed by atoms with Crippen LogP contribution in [0.4, 0.5) is 0 Å². The Morgan fingerprint density at radius 1 is 1.16 bits per heavy atom. The van der Waals surface area contributed by atoms with Crippen LogP contribution in [0, 0.1) is 0 Å². The van der Waals surface area contributed by atoms with E-state index in [2.05, 4.69) is 0 Å². The molecular weight excluding hydrogens is 491 g/mol. The highest BCUT2D eigenvalue weighted by molar-refractivity contribution is 8.30. The zero-order chi connectivity index (χ0) is 23.0. The Balaban J connectivity index is 1.99. The molecule has 0 bridgehead atoms. The molecule has 2 aliphatic rings. The molecule has 166 valence electrons. The maximum absolute atomic E-state index is 13.5. The molecule has 1 aromatic heterocycles. The Labute approximate surface area is 200 Å². The maximum Gasteiger partial charge on any atom is 0.323 e. The molecule has 2 aromatic rings. The van der Waals surface area contributed by atoms with Crippen molar-refractivity contribution in [3.8, 4) is 0 Å². The van der Waals surface area contributed by atoms with Crippen molar-refractivity contribution in [1.29, 1.82) is 0 Å². The van der Waals surface area contributed by atoms with Crippen molar-refractivity contribution in [2.75, 3.05) is 18.8 Å². The molecule has 1 aromatic carbocycles. The van der Waals surface area contributed by atoms with E-state index in [1.807, 2.05) is 37.3 Å². The van der Waals surface area contributed by atoms with Crippen molar-refractivity contribution in [3.05, 3.63) is 55.4 Å². The first-order chi connectivity index (χ1) is 15.3. The second-order valence-corrected chi connectivity index (χ2v) is 10.4. The van der Waals surface area contributed by atoms with Gasteiger partial charge in [0.05, 0.1) is 12.3 Å². The van der Waals surface area contributed by atoms with Gasteiger partial charge in [-0.05, 0) is 12.5 Å². The smallest absolute Gasteiger partial charge is 0.323 e. The number of nitrogens with zero attached hydrogens (tertiary/aromatic N) is 3. The van der Waals surface area contributed by atoms with E-state index in [4.69, 9.17) is 12.2 Å². The number of carbonyl (C=O) groups excluding carboxylic acids is 2. The number of hydrogen-bond donors (Lipinski definition) is 1. The summed E-state index contributed by atoms with van der Waals surface area (Å²) in [4.78, 5) is 52.9. The van der Waals surface area contributed by atoms with E-state index < -0.39 is 12.5 Å². The first-order valence-electron chi connectivity index (χ1n) is 9.52. The number of benzene rings is 1. The second kappa shape index (κ2) is 9.22. The summed E-state index contributed by atoms with van der Waals surface area (Å²) in [6.45, 7) is 1.95. The van der Waals surface area contributed by atoms with Crippen LogP contribution >= 0.6 is 47.1 Å². The number of thiocarbonyl (C=S) groups is 1. The number of thiazole rings is 1. The molecule has 0 spiro atoms. The summed E-state index contributed by atoms with van der Waals surface area (Å²) >= 11 is 8.70. The van der Waals surface area contributed by atoms with Gasteiger partial charge in [0.1, 0.15) is 30.0 Å². The fourth-order valence-corrected chi connectivity index (χ4v) is 7.19. The lowest BCUT2D eigenvalue weighted by atomic mass is 10.2. The van der Waals surface area contributed by atoms with Crippen LogP contribution < -0.4 is 14.8 Å². The molecule has 0 aliphatic carbocycles. The molecule has 1 N–H and O–H groups in total. The minimum Gasteiger partial charge on any atom is -0.480 e. The van der Waals surface area contributed by atoms with Gasteiger partial charge in [-0.25, -0.2) is 0 Å². The second-order valence-electron chi connectivity index (χ2n) is 6.83. The summed E-state index contributed by atoms with van der Waals surface area (Å²) < 4.78 is 2.62. The predicted octanol–water partition coefficient (Wildman–Crippen LogP) is 0.672. The van der Waals surface area contributed by atoms with Gasteiger partial charge < -0.3 is 5.11 Å². The van der Waals surface area contributed by atoms with Gasteiger partial charge in [-0.2, -0.15) is 0 Å².